The van der Waals surface area contributed by atoms with Gasteiger partial charge in [-0.1, -0.05) is 18.2 Å². The van der Waals surface area contributed by atoms with Crippen LogP contribution in [0.25, 0.3) is 11.0 Å². The van der Waals surface area contributed by atoms with Crippen LogP contribution in [0.2, 0.25) is 0 Å². The van der Waals surface area contributed by atoms with Gasteiger partial charge in [-0.05, 0) is 24.3 Å². The molecule has 0 aliphatic heterocycles. The van der Waals surface area contributed by atoms with E-state index in [-0.39, 0.29) is 13.2 Å². The maximum atomic E-state index is 10.9. The first-order valence-electron chi connectivity index (χ1n) is 7.99. The molecule has 0 saturated carbocycles. The Morgan fingerprint density at radius 2 is 2.00 bits per heavy atom. The lowest BCUT2D eigenvalue weighted by molar-refractivity contribution is -0.117. The lowest BCUT2D eigenvalue weighted by Crippen LogP contribution is -2.29. The monoisotopic (exact) mass is 340 g/mol. The first-order valence-corrected chi connectivity index (χ1v) is 7.99. The molecule has 0 saturated heterocycles. The zero-order valence-electron chi connectivity index (χ0n) is 13.7. The van der Waals surface area contributed by atoms with Gasteiger partial charge in [-0.2, -0.15) is 0 Å². The van der Waals surface area contributed by atoms with Gasteiger partial charge in [0.15, 0.2) is 0 Å². The number of primary amides is 1. The molecule has 3 rings (SSSR count). The molecular formula is C18H20N4O3. The Morgan fingerprint density at radius 1 is 1.20 bits per heavy atom. The highest BCUT2D eigenvalue weighted by atomic mass is 16.5. The summed E-state index contributed by atoms with van der Waals surface area (Å²) in [7, 11) is 0. The second kappa shape index (κ2) is 7.78. The van der Waals surface area contributed by atoms with Crippen molar-refractivity contribution in [2.24, 2.45) is 5.73 Å². The number of para-hydroxylation sites is 1. The number of nitrogens with two attached hydrogens (primary N) is 1. The van der Waals surface area contributed by atoms with Crippen LogP contribution in [0.1, 0.15) is 5.82 Å². The third-order valence-electron chi connectivity index (χ3n) is 3.68. The summed E-state index contributed by atoms with van der Waals surface area (Å²) >= 11 is 0. The molecule has 4 N–H and O–H groups in total. The minimum absolute atomic E-state index is 0.0158. The summed E-state index contributed by atoms with van der Waals surface area (Å²) in [5.74, 6) is 1.73. The smallest absolute Gasteiger partial charge is 0.231 e. The lowest BCUT2D eigenvalue weighted by atomic mass is 10.3. The number of nitrogens with zero attached hydrogens (tertiary/aromatic N) is 2. The van der Waals surface area contributed by atoms with Crippen LogP contribution in [-0.4, -0.2) is 33.7 Å². The van der Waals surface area contributed by atoms with Gasteiger partial charge in [0, 0.05) is 12.6 Å². The Kier molecular flexibility index (Phi) is 5.27. The van der Waals surface area contributed by atoms with Crippen LogP contribution in [0.4, 0.5) is 0 Å². The Labute approximate surface area is 145 Å². The van der Waals surface area contributed by atoms with E-state index in [9.17, 15) is 9.90 Å². The van der Waals surface area contributed by atoms with Crippen molar-refractivity contribution in [3.8, 4) is 11.5 Å². The van der Waals surface area contributed by atoms with Crippen LogP contribution in [0.5, 0.6) is 11.5 Å². The number of carbonyl (C=O) groups excluding carboxylic acids is 1. The minimum Gasteiger partial charge on any atom is -0.457 e. The molecule has 0 spiro atoms. The van der Waals surface area contributed by atoms with Gasteiger partial charge in [0.2, 0.25) is 5.91 Å². The number of aromatic nitrogens is 2. The number of nitrogens with one attached hydrogen (secondary N) is 1. The van der Waals surface area contributed by atoms with Crippen LogP contribution in [0.3, 0.4) is 0 Å². The second-order valence-electron chi connectivity index (χ2n) is 5.54. The Hall–Kier alpha value is -2.90. The molecule has 1 heterocycles. The van der Waals surface area contributed by atoms with Crippen molar-refractivity contribution in [1.29, 1.82) is 0 Å². The Bertz CT molecular complexity index is 861. The summed E-state index contributed by atoms with van der Waals surface area (Å²) in [4.78, 5) is 15.4. The molecule has 1 amide bonds. The summed E-state index contributed by atoms with van der Waals surface area (Å²) in [5, 5.41) is 12.3. The summed E-state index contributed by atoms with van der Waals surface area (Å²) < 4.78 is 7.76. The average molecular weight is 340 g/mol. The van der Waals surface area contributed by atoms with Gasteiger partial charge >= 0.3 is 0 Å². The molecule has 0 atom stereocenters. The van der Waals surface area contributed by atoms with E-state index in [0.29, 0.717) is 18.8 Å². The van der Waals surface area contributed by atoms with Gasteiger partial charge in [0.25, 0.3) is 0 Å². The number of hydrogen-bond acceptors (Lipinski definition) is 5. The van der Waals surface area contributed by atoms with Crippen molar-refractivity contribution in [1.82, 2.24) is 14.9 Å². The van der Waals surface area contributed by atoms with E-state index < -0.39 is 5.91 Å². The highest BCUT2D eigenvalue weighted by molar-refractivity contribution is 5.78. The van der Waals surface area contributed by atoms with Crippen LogP contribution >= 0.6 is 0 Å². The van der Waals surface area contributed by atoms with Crippen LogP contribution in [0.15, 0.2) is 48.5 Å². The van der Waals surface area contributed by atoms with Crippen LogP contribution in [-0.2, 0) is 17.9 Å². The Balaban J connectivity index is 1.88. The number of aliphatic hydroxyl groups excluding tert-OH is 1. The summed E-state index contributed by atoms with van der Waals surface area (Å²) in [6.45, 7) is 0.841. The standard InChI is InChI=1S/C18H20N4O3/c19-17(24)11-20-12-18-21-15-7-6-14(10-16(15)22(18)8-9-23)25-13-4-2-1-3-5-13/h1-7,10,20,23H,8-9,11-12H2,(H2,19,24). The minimum atomic E-state index is -0.427. The molecule has 0 radical (unpaired) electrons. The first-order chi connectivity index (χ1) is 12.2. The van der Waals surface area contributed by atoms with Crippen molar-refractivity contribution in [2.75, 3.05) is 13.2 Å². The fourth-order valence-corrected chi connectivity index (χ4v) is 2.62. The summed E-state index contributed by atoms with van der Waals surface area (Å²) in [6, 6.07) is 15.1. The number of benzene rings is 2. The lowest BCUT2D eigenvalue weighted by Gasteiger charge is -2.09. The van der Waals surface area contributed by atoms with E-state index in [0.717, 1.165) is 22.6 Å². The molecule has 0 bridgehead atoms. The fourth-order valence-electron chi connectivity index (χ4n) is 2.62. The van der Waals surface area contributed by atoms with E-state index in [4.69, 9.17) is 10.5 Å². The van der Waals surface area contributed by atoms with Crippen molar-refractivity contribution in [3.05, 3.63) is 54.4 Å². The van der Waals surface area contributed by atoms with E-state index in [1.165, 1.54) is 0 Å². The molecule has 0 aliphatic rings. The summed E-state index contributed by atoms with van der Waals surface area (Å²) in [6.07, 6.45) is 0. The van der Waals surface area contributed by atoms with Gasteiger partial charge < -0.3 is 25.5 Å². The van der Waals surface area contributed by atoms with E-state index in [1.807, 2.05) is 53.1 Å². The van der Waals surface area contributed by atoms with Gasteiger partial charge in [-0.25, -0.2) is 4.98 Å². The normalized spacial score (nSPS) is 10.9. The van der Waals surface area contributed by atoms with Crippen molar-refractivity contribution in [2.45, 2.75) is 13.1 Å². The van der Waals surface area contributed by atoms with E-state index in [2.05, 4.69) is 10.3 Å². The SMILES string of the molecule is NC(=O)CNCc1nc2ccc(Oc3ccccc3)cc2n1CCO. The van der Waals surface area contributed by atoms with Gasteiger partial charge in [0.05, 0.1) is 30.7 Å². The number of aliphatic hydroxyl groups is 1. The number of rotatable bonds is 8. The second-order valence-corrected chi connectivity index (χ2v) is 5.54. The van der Waals surface area contributed by atoms with Crippen molar-refractivity contribution in [3.63, 3.8) is 0 Å². The van der Waals surface area contributed by atoms with Gasteiger partial charge in [0.1, 0.15) is 17.3 Å². The molecular weight excluding hydrogens is 320 g/mol. The van der Waals surface area contributed by atoms with Gasteiger partial charge in [-0.3, -0.25) is 4.79 Å². The predicted molar refractivity (Wildman–Crippen MR) is 94.2 cm³/mol. The molecule has 3 aromatic rings. The van der Waals surface area contributed by atoms with E-state index >= 15 is 0 Å². The maximum Gasteiger partial charge on any atom is 0.231 e. The number of amides is 1. The fraction of sp³-hybridized carbons (Fsp3) is 0.222. The molecule has 0 unspecified atom stereocenters. The highest BCUT2D eigenvalue weighted by Gasteiger charge is 2.12. The largest absolute Gasteiger partial charge is 0.457 e. The molecule has 130 valence electrons. The third-order valence-corrected chi connectivity index (χ3v) is 3.68. The number of ether oxygens (including phenoxy) is 1. The molecule has 0 fully saturated rings. The molecule has 25 heavy (non-hydrogen) atoms. The Morgan fingerprint density at radius 3 is 2.72 bits per heavy atom. The van der Waals surface area contributed by atoms with Crippen molar-refractivity contribution >= 4 is 16.9 Å². The zero-order chi connectivity index (χ0) is 17.6. The first kappa shape index (κ1) is 16.9. The molecule has 2 aromatic carbocycles. The molecule has 7 nitrogen and oxygen atoms in total. The molecule has 1 aromatic heterocycles. The zero-order valence-corrected chi connectivity index (χ0v) is 13.7. The predicted octanol–water partition coefficient (Wildman–Crippen LogP) is 1.40. The van der Waals surface area contributed by atoms with Crippen LogP contribution in [0, 0.1) is 0 Å². The number of carbonyl (C=O) groups is 1. The highest BCUT2D eigenvalue weighted by Crippen LogP contribution is 2.26. The molecule has 0 aliphatic carbocycles. The van der Waals surface area contributed by atoms with Crippen molar-refractivity contribution < 1.29 is 14.6 Å². The van der Waals surface area contributed by atoms with Crippen LogP contribution < -0.4 is 15.8 Å². The quantitative estimate of drug-likeness (QED) is 0.575. The maximum absolute atomic E-state index is 10.9. The topological polar surface area (TPSA) is 102 Å². The number of fused-ring (bicyclic) bond motifs is 1. The number of hydrogen-bond donors (Lipinski definition) is 3. The van der Waals surface area contributed by atoms with E-state index in [1.54, 1.807) is 0 Å². The number of imidazole rings is 1. The summed E-state index contributed by atoms with van der Waals surface area (Å²) in [5.41, 5.74) is 6.79. The molecule has 7 heteroatoms. The average Bonchev–Trinajstić information content (AvgIpc) is 2.93. The third kappa shape index (κ3) is 4.14. The van der Waals surface area contributed by atoms with Gasteiger partial charge in [-0.15, -0.1) is 0 Å².